The molecule has 0 atom stereocenters. The first-order valence-corrected chi connectivity index (χ1v) is 9.29. The summed E-state index contributed by atoms with van der Waals surface area (Å²) in [6.07, 6.45) is 1.33. The molecule has 0 radical (unpaired) electrons. The first-order valence-electron chi connectivity index (χ1n) is 8.91. The lowest BCUT2D eigenvalue weighted by atomic mass is 9.79. The van der Waals surface area contributed by atoms with Crippen molar-refractivity contribution >= 4 is 28.9 Å². The van der Waals surface area contributed by atoms with Crippen LogP contribution in [0.4, 0.5) is 15.8 Å². The highest BCUT2D eigenvalue weighted by Gasteiger charge is 2.35. The largest absolute Gasteiger partial charge is 0.278 e. The molecule has 0 aliphatic heterocycles. The molecule has 1 aliphatic rings. The maximum Gasteiger partial charge on any atom is 0.278 e. The van der Waals surface area contributed by atoms with Crippen LogP contribution in [-0.2, 0) is 12.8 Å². The van der Waals surface area contributed by atoms with Crippen molar-refractivity contribution < 1.29 is 9.18 Å². The molecule has 0 N–H and O–H groups in total. The van der Waals surface area contributed by atoms with Crippen molar-refractivity contribution in [3.8, 4) is 0 Å². The third-order valence-electron chi connectivity index (χ3n) is 4.69. The Hall–Kier alpha value is -2.86. The second-order valence-electron chi connectivity index (χ2n) is 7.66. The van der Waals surface area contributed by atoms with Gasteiger partial charge >= 0.3 is 0 Å². The third-order valence-corrected chi connectivity index (χ3v) is 4.94. The zero-order valence-electron chi connectivity index (χ0n) is 15.5. The zero-order valence-corrected chi connectivity index (χ0v) is 16.2. The van der Waals surface area contributed by atoms with Gasteiger partial charge in [-0.25, -0.2) is 4.39 Å². The van der Waals surface area contributed by atoms with Crippen molar-refractivity contribution in [1.29, 1.82) is 0 Å². The van der Waals surface area contributed by atoms with Gasteiger partial charge in [-0.05, 0) is 66.8 Å². The van der Waals surface area contributed by atoms with Crippen LogP contribution in [-0.4, -0.2) is 15.7 Å². The van der Waals surface area contributed by atoms with Gasteiger partial charge in [-0.15, -0.1) is 5.11 Å². The lowest BCUT2D eigenvalue weighted by molar-refractivity contribution is 0.0941. The van der Waals surface area contributed by atoms with Crippen LogP contribution in [0.3, 0.4) is 0 Å². The molecule has 2 bridgehead atoms. The van der Waals surface area contributed by atoms with Crippen LogP contribution in [0.1, 0.15) is 35.6 Å². The molecular weight excluding hydrogens is 379 g/mol. The van der Waals surface area contributed by atoms with E-state index in [1.54, 1.807) is 24.3 Å². The van der Waals surface area contributed by atoms with E-state index in [2.05, 4.69) is 29.2 Å². The summed E-state index contributed by atoms with van der Waals surface area (Å²) in [6, 6.07) is 12.5. The molecule has 1 aromatic heterocycles. The number of halogens is 2. The maximum atomic E-state index is 13.2. The van der Waals surface area contributed by atoms with E-state index < -0.39 is 0 Å². The second-order valence-corrected chi connectivity index (χ2v) is 8.10. The Kier molecular flexibility index (Phi) is 4.59. The molecule has 4 rings (SSSR count). The molecule has 0 unspecified atom stereocenters. The number of nitrogens with zero attached hydrogens (tertiary/aromatic N) is 4. The second kappa shape index (κ2) is 6.95. The summed E-state index contributed by atoms with van der Waals surface area (Å²) in [7, 11) is 0. The van der Waals surface area contributed by atoms with Crippen LogP contribution in [0, 0.1) is 11.2 Å². The zero-order chi connectivity index (χ0) is 19.9. The lowest BCUT2D eigenvalue weighted by Gasteiger charge is -2.26. The van der Waals surface area contributed by atoms with Crippen molar-refractivity contribution in [2.24, 2.45) is 15.6 Å². The van der Waals surface area contributed by atoms with Crippen molar-refractivity contribution in [2.45, 2.75) is 26.7 Å². The average Bonchev–Trinajstić information content (AvgIpc) is 2.88. The predicted octanol–water partition coefficient (Wildman–Crippen LogP) is 5.90. The van der Waals surface area contributed by atoms with E-state index in [1.165, 1.54) is 28.9 Å². The highest BCUT2D eigenvalue weighted by atomic mass is 35.5. The standard InChI is InChI=1S/C21H18ClFN4O/c1-21(2)11-17-19(25-24-16-9-5-14(22)6-10-16)18(12-21)27(26-17)20(28)13-3-7-15(23)8-4-13/h3-10H,11-12H2,1-2H3. The number of azo groups is 1. The summed E-state index contributed by atoms with van der Waals surface area (Å²) in [5.41, 5.74) is 3.09. The van der Waals surface area contributed by atoms with Crippen molar-refractivity contribution in [3.63, 3.8) is 0 Å². The first kappa shape index (κ1) is 18.5. The predicted molar refractivity (Wildman–Crippen MR) is 105 cm³/mol. The Bertz CT molecular complexity index is 1070. The van der Waals surface area contributed by atoms with Gasteiger partial charge in [-0.3, -0.25) is 4.79 Å². The lowest BCUT2D eigenvalue weighted by Crippen LogP contribution is -2.23. The smallest absolute Gasteiger partial charge is 0.267 e. The molecule has 2 aromatic carbocycles. The van der Waals surface area contributed by atoms with E-state index in [4.69, 9.17) is 11.6 Å². The SMILES string of the molecule is CC1(C)Cc2nn(C(=O)c3ccc(F)cc3)c(c2N=Nc2ccc(Cl)cc2)C1. The van der Waals surface area contributed by atoms with Gasteiger partial charge < -0.3 is 0 Å². The number of rotatable bonds is 3. The van der Waals surface area contributed by atoms with Crippen LogP contribution in [0.2, 0.25) is 5.02 Å². The van der Waals surface area contributed by atoms with Crippen LogP contribution < -0.4 is 0 Å². The molecule has 0 saturated heterocycles. The molecule has 3 aromatic rings. The topological polar surface area (TPSA) is 59.6 Å². The fraction of sp³-hybridized carbons (Fsp3) is 0.238. The number of hydrogen-bond donors (Lipinski definition) is 0. The molecular formula is C21H18ClFN4O. The van der Waals surface area contributed by atoms with E-state index in [-0.39, 0.29) is 17.1 Å². The Morgan fingerprint density at radius 2 is 1.75 bits per heavy atom. The van der Waals surface area contributed by atoms with Gasteiger partial charge in [0.05, 0.1) is 17.1 Å². The molecule has 28 heavy (non-hydrogen) atoms. The van der Waals surface area contributed by atoms with E-state index >= 15 is 0 Å². The van der Waals surface area contributed by atoms with E-state index in [0.717, 1.165) is 11.4 Å². The van der Waals surface area contributed by atoms with Crippen LogP contribution in [0.25, 0.3) is 0 Å². The Labute approximate surface area is 166 Å². The molecule has 7 heteroatoms. The van der Waals surface area contributed by atoms with Crippen LogP contribution in [0.5, 0.6) is 0 Å². The molecule has 142 valence electrons. The summed E-state index contributed by atoms with van der Waals surface area (Å²) in [4.78, 5) is 12.9. The molecule has 1 aliphatic carbocycles. The van der Waals surface area contributed by atoms with E-state index in [0.29, 0.717) is 34.8 Å². The normalized spacial score (nSPS) is 15.1. The number of carbonyl (C=O) groups excluding carboxylic acids is 1. The van der Waals surface area contributed by atoms with Gasteiger partial charge in [-0.1, -0.05) is 25.4 Å². The maximum absolute atomic E-state index is 13.2. The van der Waals surface area contributed by atoms with Crippen LogP contribution in [0.15, 0.2) is 58.8 Å². The summed E-state index contributed by atoms with van der Waals surface area (Å²) in [6.45, 7) is 4.25. The van der Waals surface area contributed by atoms with Gasteiger partial charge in [0.25, 0.3) is 5.91 Å². The van der Waals surface area contributed by atoms with Crippen molar-refractivity contribution in [2.75, 3.05) is 0 Å². The minimum Gasteiger partial charge on any atom is -0.267 e. The molecule has 0 spiro atoms. The van der Waals surface area contributed by atoms with Crippen molar-refractivity contribution in [1.82, 2.24) is 9.78 Å². The quantitative estimate of drug-likeness (QED) is 0.517. The average molecular weight is 397 g/mol. The van der Waals surface area contributed by atoms with E-state index in [9.17, 15) is 9.18 Å². The molecule has 5 nitrogen and oxygen atoms in total. The summed E-state index contributed by atoms with van der Waals surface area (Å²) in [5, 5.41) is 13.8. The molecule has 0 saturated carbocycles. The summed E-state index contributed by atoms with van der Waals surface area (Å²) in [5.74, 6) is -0.692. The number of benzene rings is 2. The highest BCUT2D eigenvalue weighted by molar-refractivity contribution is 6.30. The number of aromatic nitrogens is 2. The fourth-order valence-corrected chi connectivity index (χ4v) is 3.48. The van der Waals surface area contributed by atoms with Crippen molar-refractivity contribution in [3.05, 3.63) is 76.3 Å². The van der Waals surface area contributed by atoms with E-state index in [1.807, 2.05) is 0 Å². The minimum atomic E-state index is -0.388. The third kappa shape index (κ3) is 3.60. The summed E-state index contributed by atoms with van der Waals surface area (Å²) < 4.78 is 14.6. The Morgan fingerprint density at radius 3 is 2.43 bits per heavy atom. The number of hydrogen-bond acceptors (Lipinski definition) is 4. The molecule has 0 fully saturated rings. The van der Waals surface area contributed by atoms with Gasteiger partial charge in [0, 0.05) is 10.6 Å². The number of fused-ring (bicyclic) bond motifs is 2. The van der Waals surface area contributed by atoms with Gasteiger partial charge in [-0.2, -0.15) is 14.9 Å². The first-order chi connectivity index (χ1) is 13.3. The number of carbonyl (C=O) groups is 1. The monoisotopic (exact) mass is 396 g/mol. The Morgan fingerprint density at radius 1 is 1.07 bits per heavy atom. The molecule has 0 amide bonds. The minimum absolute atomic E-state index is 0.0364. The Balaban J connectivity index is 1.73. The van der Waals surface area contributed by atoms with Gasteiger partial charge in [0.15, 0.2) is 0 Å². The fourth-order valence-electron chi connectivity index (χ4n) is 3.36. The van der Waals surface area contributed by atoms with Gasteiger partial charge in [0.1, 0.15) is 11.5 Å². The van der Waals surface area contributed by atoms with Gasteiger partial charge in [0.2, 0.25) is 0 Å². The highest BCUT2D eigenvalue weighted by Crippen LogP contribution is 2.41. The summed E-state index contributed by atoms with van der Waals surface area (Å²) >= 11 is 5.90. The molecule has 1 heterocycles. The van der Waals surface area contributed by atoms with Crippen LogP contribution >= 0.6 is 11.6 Å².